The lowest BCUT2D eigenvalue weighted by Crippen LogP contribution is -2.38. The molecule has 2 atom stereocenters. The van der Waals surface area contributed by atoms with Crippen LogP contribution in [0.4, 0.5) is 0 Å². The minimum atomic E-state index is -0.573. The molecule has 0 saturated carbocycles. The summed E-state index contributed by atoms with van der Waals surface area (Å²) in [5.74, 6) is -0.242. The number of nitrogens with one attached hydrogen (secondary N) is 2. The summed E-state index contributed by atoms with van der Waals surface area (Å²) in [5.41, 5.74) is 3.63. The van der Waals surface area contributed by atoms with Crippen LogP contribution in [0.15, 0.2) is 60.7 Å². The largest absolute Gasteiger partial charge is 0.502 e. The molecule has 0 unspecified atom stereocenters. The van der Waals surface area contributed by atoms with E-state index in [4.69, 9.17) is 25.8 Å². The number of aromatic hydroxyl groups is 1. The van der Waals surface area contributed by atoms with Gasteiger partial charge >= 0.3 is 5.97 Å². The second-order valence-electron chi connectivity index (χ2n) is 9.65. The first-order valence-corrected chi connectivity index (χ1v) is 13.1. The molecule has 0 bridgehead atoms. The lowest BCUT2D eigenvalue weighted by Gasteiger charge is -2.23. The number of carbonyl (C=O) groups excluding carboxylic acids is 2. The number of rotatable bonds is 8. The van der Waals surface area contributed by atoms with E-state index in [0.717, 1.165) is 27.6 Å². The molecule has 1 aliphatic rings. The molecule has 40 heavy (non-hydrogen) atoms. The van der Waals surface area contributed by atoms with Crippen molar-refractivity contribution in [1.82, 2.24) is 15.2 Å². The summed E-state index contributed by atoms with van der Waals surface area (Å²) in [4.78, 5) is 31.6. The molecule has 3 aromatic carbocycles. The van der Waals surface area contributed by atoms with Crippen LogP contribution in [0.5, 0.6) is 17.2 Å². The van der Waals surface area contributed by atoms with Gasteiger partial charge in [0.25, 0.3) is 5.91 Å². The van der Waals surface area contributed by atoms with Gasteiger partial charge < -0.3 is 29.6 Å². The van der Waals surface area contributed by atoms with Gasteiger partial charge in [-0.2, -0.15) is 0 Å². The molecule has 4 aromatic rings. The molecule has 2 heterocycles. The quantitative estimate of drug-likeness (QED) is 0.265. The molecular formula is C30H30ClN3O6. The summed E-state index contributed by atoms with van der Waals surface area (Å²) in [5, 5.41) is 14.8. The Morgan fingerprint density at radius 3 is 2.40 bits per heavy atom. The fraction of sp³-hybridized carbons (Fsp3) is 0.267. The van der Waals surface area contributed by atoms with Gasteiger partial charge in [-0.25, -0.2) is 0 Å². The summed E-state index contributed by atoms with van der Waals surface area (Å²) in [6.07, 6.45) is 0.373. The zero-order valence-electron chi connectivity index (χ0n) is 22.4. The molecule has 0 radical (unpaired) electrons. The summed E-state index contributed by atoms with van der Waals surface area (Å²) >= 11 is 6.30. The number of methoxy groups -OCH3 is 3. The number of esters is 1. The maximum Gasteiger partial charge on any atom is 0.323 e. The van der Waals surface area contributed by atoms with E-state index in [-0.39, 0.29) is 35.2 Å². The maximum absolute atomic E-state index is 13.7. The van der Waals surface area contributed by atoms with Gasteiger partial charge in [-0.05, 0) is 47.9 Å². The number of aromatic nitrogens is 1. The van der Waals surface area contributed by atoms with Crippen LogP contribution in [0.25, 0.3) is 22.0 Å². The summed E-state index contributed by atoms with van der Waals surface area (Å²) in [6, 6.07) is 17.6. The van der Waals surface area contributed by atoms with E-state index >= 15 is 0 Å². The summed E-state index contributed by atoms with van der Waals surface area (Å²) in [7, 11) is 4.26. The molecule has 1 saturated heterocycles. The summed E-state index contributed by atoms with van der Waals surface area (Å²) in [6.45, 7) is 0.753. The van der Waals surface area contributed by atoms with Crippen molar-refractivity contribution in [2.24, 2.45) is 0 Å². The van der Waals surface area contributed by atoms with Crippen molar-refractivity contribution in [3.63, 3.8) is 0 Å². The minimum Gasteiger partial charge on any atom is -0.502 e. The van der Waals surface area contributed by atoms with Gasteiger partial charge in [-0.15, -0.1) is 0 Å². The van der Waals surface area contributed by atoms with Crippen LogP contribution < -0.4 is 14.8 Å². The number of fused-ring (bicyclic) bond motifs is 1. The standard InChI is InChI=1S/C30H30ClN3O6/c1-38-24-11-17(12-25(39-2)28(24)35)15-34-16-20(14-23(34)30(37)40-3)32-29(36)27-26(18-7-5-4-6-8-18)21-13-19(31)9-10-22(21)33-27/h4-13,20,23,33,35H,14-16H2,1-3H3,(H,32,36)/t20-,23+/m1/s1. The van der Waals surface area contributed by atoms with E-state index in [2.05, 4.69) is 10.3 Å². The molecule has 5 rings (SSSR count). The van der Waals surface area contributed by atoms with Gasteiger partial charge in [0.15, 0.2) is 11.5 Å². The van der Waals surface area contributed by atoms with Crippen molar-refractivity contribution < 1.29 is 28.9 Å². The van der Waals surface area contributed by atoms with Crippen LogP contribution >= 0.6 is 11.6 Å². The van der Waals surface area contributed by atoms with Crippen LogP contribution in [-0.2, 0) is 16.1 Å². The zero-order valence-corrected chi connectivity index (χ0v) is 23.1. The second-order valence-corrected chi connectivity index (χ2v) is 10.1. The molecule has 9 nitrogen and oxygen atoms in total. The van der Waals surface area contributed by atoms with Crippen LogP contribution in [0, 0.1) is 0 Å². The van der Waals surface area contributed by atoms with Crippen LogP contribution in [0.1, 0.15) is 22.5 Å². The average Bonchev–Trinajstić information content (AvgIpc) is 3.54. The number of benzene rings is 3. The maximum atomic E-state index is 13.7. The lowest BCUT2D eigenvalue weighted by atomic mass is 10.0. The molecule has 1 amide bonds. The van der Waals surface area contributed by atoms with Gasteiger partial charge in [0.1, 0.15) is 11.7 Å². The number of phenolic OH excluding ortho intramolecular Hbond substituents is 1. The van der Waals surface area contributed by atoms with E-state index in [1.54, 1.807) is 18.2 Å². The molecular weight excluding hydrogens is 534 g/mol. The Kier molecular flexibility index (Phi) is 7.86. The van der Waals surface area contributed by atoms with E-state index in [0.29, 0.717) is 30.2 Å². The fourth-order valence-corrected chi connectivity index (χ4v) is 5.51. The van der Waals surface area contributed by atoms with Gasteiger partial charge in [0, 0.05) is 40.6 Å². The Morgan fingerprint density at radius 1 is 1.05 bits per heavy atom. The topological polar surface area (TPSA) is 113 Å². The number of halogens is 1. The van der Waals surface area contributed by atoms with Crippen LogP contribution in [0.3, 0.4) is 0 Å². The molecule has 0 aliphatic carbocycles. The number of likely N-dealkylation sites (tertiary alicyclic amines) is 1. The highest BCUT2D eigenvalue weighted by molar-refractivity contribution is 6.31. The van der Waals surface area contributed by atoms with Gasteiger partial charge in [-0.3, -0.25) is 14.5 Å². The van der Waals surface area contributed by atoms with Crippen molar-refractivity contribution in [2.75, 3.05) is 27.9 Å². The number of hydrogen-bond donors (Lipinski definition) is 3. The SMILES string of the molecule is COC(=O)[C@@H]1C[C@@H](NC(=O)c2[nH]c3ccc(Cl)cc3c2-c2ccccc2)CN1Cc1cc(OC)c(O)c(OC)c1. The molecule has 1 aliphatic heterocycles. The van der Waals surface area contributed by atoms with Crippen molar-refractivity contribution in [1.29, 1.82) is 0 Å². The Labute approximate surface area is 236 Å². The Hall–Kier alpha value is -4.21. The Balaban J connectivity index is 1.42. The van der Waals surface area contributed by atoms with Crippen molar-refractivity contribution in [2.45, 2.75) is 25.0 Å². The highest BCUT2D eigenvalue weighted by Crippen LogP contribution is 2.38. The van der Waals surface area contributed by atoms with E-state index in [1.807, 2.05) is 47.4 Å². The summed E-state index contributed by atoms with van der Waals surface area (Å²) < 4.78 is 15.6. The molecule has 10 heteroatoms. The molecule has 1 fully saturated rings. The first-order chi connectivity index (χ1) is 19.3. The van der Waals surface area contributed by atoms with Crippen LogP contribution in [0.2, 0.25) is 5.02 Å². The van der Waals surface area contributed by atoms with Gasteiger partial charge in [-0.1, -0.05) is 41.9 Å². The Bertz CT molecular complexity index is 1530. The molecule has 3 N–H and O–H groups in total. The van der Waals surface area contributed by atoms with Crippen molar-refractivity contribution >= 4 is 34.4 Å². The van der Waals surface area contributed by atoms with Crippen LogP contribution in [-0.4, -0.2) is 66.8 Å². The number of H-pyrrole nitrogens is 1. The number of phenols is 1. The molecule has 0 spiro atoms. The molecule has 1 aromatic heterocycles. The third kappa shape index (κ3) is 5.30. The first-order valence-electron chi connectivity index (χ1n) is 12.8. The normalized spacial score (nSPS) is 17.1. The van der Waals surface area contributed by atoms with Gasteiger partial charge in [0.05, 0.1) is 21.3 Å². The van der Waals surface area contributed by atoms with E-state index < -0.39 is 6.04 Å². The second kappa shape index (κ2) is 11.5. The number of aromatic amines is 1. The number of ether oxygens (including phenoxy) is 3. The smallest absolute Gasteiger partial charge is 0.323 e. The first kappa shape index (κ1) is 27.4. The zero-order chi connectivity index (χ0) is 28.4. The predicted octanol–water partition coefficient (Wildman–Crippen LogP) is 4.76. The average molecular weight is 564 g/mol. The Morgan fingerprint density at radius 2 is 1.75 bits per heavy atom. The highest BCUT2D eigenvalue weighted by Gasteiger charge is 2.39. The lowest BCUT2D eigenvalue weighted by molar-refractivity contribution is -0.146. The minimum absolute atomic E-state index is 0.0985. The number of hydrogen-bond acceptors (Lipinski definition) is 7. The van der Waals surface area contributed by atoms with E-state index in [9.17, 15) is 14.7 Å². The number of nitrogens with zero attached hydrogens (tertiary/aromatic N) is 1. The molecule has 208 valence electrons. The van der Waals surface area contributed by atoms with Crippen molar-refractivity contribution in [3.8, 4) is 28.4 Å². The number of amides is 1. The monoisotopic (exact) mass is 563 g/mol. The highest BCUT2D eigenvalue weighted by atomic mass is 35.5. The predicted molar refractivity (Wildman–Crippen MR) is 152 cm³/mol. The number of carbonyl (C=O) groups is 2. The third-order valence-corrected chi connectivity index (χ3v) is 7.42. The van der Waals surface area contributed by atoms with Gasteiger partial charge in [0.2, 0.25) is 5.75 Å². The van der Waals surface area contributed by atoms with E-state index in [1.165, 1.54) is 21.3 Å². The third-order valence-electron chi connectivity index (χ3n) is 7.19. The fourth-order valence-electron chi connectivity index (χ4n) is 5.33. The van der Waals surface area contributed by atoms with Crippen molar-refractivity contribution in [3.05, 3.63) is 76.9 Å².